The molecule has 0 spiro atoms. The molecule has 1 aliphatic heterocycles. The first-order chi connectivity index (χ1) is 12.1. The maximum atomic E-state index is 12.5. The molecule has 0 N–H and O–H groups in total. The maximum Gasteiger partial charge on any atom is 0.231 e. The van der Waals surface area contributed by atoms with Gasteiger partial charge >= 0.3 is 0 Å². The number of carbonyl (C=O) groups excluding carboxylic acids is 1. The first-order valence-corrected chi connectivity index (χ1v) is 8.05. The minimum absolute atomic E-state index is 0.123. The monoisotopic (exact) mass is 336 g/mol. The van der Waals surface area contributed by atoms with E-state index in [-0.39, 0.29) is 5.78 Å². The molecule has 25 heavy (non-hydrogen) atoms. The van der Waals surface area contributed by atoms with Gasteiger partial charge < -0.3 is 14.2 Å². The zero-order valence-electron chi connectivity index (χ0n) is 14.5. The summed E-state index contributed by atoms with van der Waals surface area (Å²) in [6.07, 6.45) is 3.72. The quantitative estimate of drug-likeness (QED) is 0.588. The van der Waals surface area contributed by atoms with Crippen LogP contribution < -0.4 is 14.2 Å². The summed E-state index contributed by atoms with van der Waals surface area (Å²) < 4.78 is 16.5. The van der Waals surface area contributed by atoms with Gasteiger partial charge in [0.1, 0.15) is 23.9 Å². The smallest absolute Gasteiger partial charge is 0.231 e. The van der Waals surface area contributed by atoms with Gasteiger partial charge in [-0.05, 0) is 55.8 Å². The highest BCUT2D eigenvalue weighted by Gasteiger charge is 2.27. The fraction of sp³-hybridized carbons (Fsp3) is 0.190. The molecule has 0 saturated carbocycles. The number of hydrogen-bond acceptors (Lipinski definition) is 4. The summed E-state index contributed by atoms with van der Waals surface area (Å²) in [7, 11) is 1.62. The molecule has 0 radical (unpaired) electrons. The van der Waals surface area contributed by atoms with Crippen molar-refractivity contribution in [1.82, 2.24) is 0 Å². The summed E-state index contributed by atoms with van der Waals surface area (Å²) in [5.41, 5.74) is 2.61. The maximum absolute atomic E-state index is 12.5. The summed E-state index contributed by atoms with van der Waals surface area (Å²) in [6, 6.07) is 12.7. The number of hydrogen-bond donors (Lipinski definition) is 0. The standard InChI is InChI=1S/C21H20O4/c1-14(2)10-11-24-17-8-9-18-19(13-17)25-20(21(18)22)12-15-4-6-16(23-3)7-5-15/h4-10,12-13H,11H2,1-3H3/b20-12-. The summed E-state index contributed by atoms with van der Waals surface area (Å²) in [5.74, 6) is 2.15. The number of methoxy groups -OCH3 is 1. The summed E-state index contributed by atoms with van der Waals surface area (Å²) in [6.45, 7) is 4.53. The average molecular weight is 336 g/mol. The molecule has 4 heteroatoms. The number of fused-ring (bicyclic) bond motifs is 1. The molecule has 1 aliphatic rings. The molecule has 2 aromatic rings. The molecule has 0 saturated heterocycles. The van der Waals surface area contributed by atoms with Crippen LogP contribution in [0.2, 0.25) is 0 Å². The molecule has 4 nitrogen and oxygen atoms in total. The van der Waals surface area contributed by atoms with Crippen LogP contribution in [0, 0.1) is 0 Å². The summed E-state index contributed by atoms with van der Waals surface area (Å²) in [5, 5.41) is 0. The number of rotatable bonds is 5. The Hall–Kier alpha value is -3.01. The fourth-order valence-electron chi connectivity index (χ4n) is 2.41. The van der Waals surface area contributed by atoms with Gasteiger partial charge in [0.2, 0.25) is 5.78 Å². The van der Waals surface area contributed by atoms with Crippen LogP contribution in [0.4, 0.5) is 0 Å². The number of ether oxygens (including phenoxy) is 3. The molecule has 0 atom stereocenters. The highest BCUT2D eigenvalue weighted by atomic mass is 16.5. The van der Waals surface area contributed by atoms with E-state index in [0.717, 1.165) is 11.3 Å². The van der Waals surface area contributed by atoms with Gasteiger partial charge in [0.25, 0.3) is 0 Å². The predicted molar refractivity (Wildman–Crippen MR) is 97.3 cm³/mol. The fourth-order valence-corrected chi connectivity index (χ4v) is 2.41. The average Bonchev–Trinajstić information content (AvgIpc) is 2.90. The molecule has 0 unspecified atom stereocenters. The van der Waals surface area contributed by atoms with Gasteiger partial charge in [-0.25, -0.2) is 0 Å². The van der Waals surface area contributed by atoms with Crippen molar-refractivity contribution in [3.63, 3.8) is 0 Å². The van der Waals surface area contributed by atoms with E-state index >= 15 is 0 Å². The Morgan fingerprint density at radius 1 is 1.08 bits per heavy atom. The van der Waals surface area contributed by atoms with Gasteiger partial charge in [-0.3, -0.25) is 4.79 Å². The van der Waals surface area contributed by atoms with E-state index in [1.807, 2.05) is 44.2 Å². The van der Waals surface area contributed by atoms with Crippen LogP contribution in [0.3, 0.4) is 0 Å². The molecular weight excluding hydrogens is 316 g/mol. The SMILES string of the molecule is COc1ccc(/C=C2\Oc3cc(OCC=C(C)C)ccc3C2=O)cc1. The summed E-state index contributed by atoms with van der Waals surface area (Å²) >= 11 is 0. The third-order valence-electron chi connectivity index (χ3n) is 3.80. The molecule has 128 valence electrons. The highest BCUT2D eigenvalue weighted by molar-refractivity contribution is 6.14. The van der Waals surface area contributed by atoms with Crippen molar-refractivity contribution in [2.75, 3.05) is 13.7 Å². The largest absolute Gasteiger partial charge is 0.497 e. The van der Waals surface area contributed by atoms with Crippen LogP contribution in [0.5, 0.6) is 17.2 Å². The first kappa shape index (κ1) is 16.8. The van der Waals surface area contributed by atoms with E-state index in [1.165, 1.54) is 5.57 Å². The van der Waals surface area contributed by atoms with Crippen molar-refractivity contribution < 1.29 is 19.0 Å². The lowest BCUT2D eigenvalue weighted by atomic mass is 10.1. The second-order valence-electron chi connectivity index (χ2n) is 5.96. The predicted octanol–water partition coefficient (Wildman–Crippen LogP) is 4.66. The van der Waals surface area contributed by atoms with E-state index in [1.54, 1.807) is 31.4 Å². The molecule has 1 heterocycles. The lowest BCUT2D eigenvalue weighted by Gasteiger charge is -2.05. The number of allylic oxidation sites excluding steroid dienone is 2. The van der Waals surface area contributed by atoms with E-state index < -0.39 is 0 Å². The van der Waals surface area contributed by atoms with E-state index in [2.05, 4.69) is 0 Å². The second-order valence-corrected chi connectivity index (χ2v) is 5.96. The van der Waals surface area contributed by atoms with Crippen LogP contribution in [0.15, 0.2) is 59.9 Å². The molecular formula is C21H20O4. The molecule has 0 bridgehead atoms. The third kappa shape index (κ3) is 3.91. The molecule has 0 fully saturated rings. The van der Waals surface area contributed by atoms with E-state index in [0.29, 0.717) is 29.4 Å². The molecule has 0 aromatic heterocycles. The van der Waals surface area contributed by atoms with Crippen LogP contribution in [0.1, 0.15) is 29.8 Å². The Balaban J connectivity index is 1.77. The Morgan fingerprint density at radius 3 is 2.48 bits per heavy atom. The topological polar surface area (TPSA) is 44.8 Å². The minimum Gasteiger partial charge on any atom is -0.497 e. The van der Waals surface area contributed by atoms with Gasteiger partial charge in [-0.15, -0.1) is 0 Å². The van der Waals surface area contributed by atoms with Crippen molar-refractivity contribution in [1.29, 1.82) is 0 Å². The van der Waals surface area contributed by atoms with Crippen molar-refractivity contribution in [2.24, 2.45) is 0 Å². The molecule has 3 rings (SSSR count). The third-order valence-corrected chi connectivity index (χ3v) is 3.80. The van der Waals surface area contributed by atoms with Gasteiger partial charge in [-0.2, -0.15) is 0 Å². The van der Waals surface area contributed by atoms with Crippen LogP contribution >= 0.6 is 0 Å². The molecule has 0 aliphatic carbocycles. The van der Waals surface area contributed by atoms with Crippen molar-refractivity contribution in [2.45, 2.75) is 13.8 Å². The number of carbonyl (C=O) groups is 1. The molecule has 0 amide bonds. The van der Waals surface area contributed by atoms with Gasteiger partial charge in [0.05, 0.1) is 12.7 Å². The van der Waals surface area contributed by atoms with E-state index in [9.17, 15) is 4.79 Å². The lowest BCUT2D eigenvalue weighted by Crippen LogP contribution is -1.98. The van der Waals surface area contributed by atoms with Crippen molar-refractivity contribution >= 4 is 11.9 Å². The summed E-state index contributed by atoms with van der Waals surface area (Å²) in [4.78, 5) is 12.5. The van der Waals surface area contributed by atoms with E-state index in [4.69, 9.17) is 14.2 Å². The Kier molecular flexibility index (Phi) is 4.89. The van der Waals surface area contributed by atoms with Gasteiger partial charge in [0.15, 0.2) is 5.76 Å². The number of ketones is 1. The first-order valence-electron chi connectivity index (χ1n) is 8.05. The zero-order valence-corrected chi connectivity index (χ0v) is 14.5. The minimum atomic E-state index is -0.123. The number of Topliss-reactive ketones (excluding diaryl/α,β-unsaturated/α-hetero) is 1. The van der Waals surface area contributed by atoms with Crippen molar-refractivity contribution in [3.05, 3.63) is 71.0 Å². The van der Waals surface area contributed by atoms with Gasteiger partial charge in [0, 0.05) is 6.07 Å². The Labute approximate surface area is 147 Å². The highest BCUT2D eigenvalue weighted by Crippen LogP contribution is 2.35. The molecule has 2 aromatic carbocycles. The van der Waals surface area contributed by atoms with Crippen LogP contribution in [-0.2, 0) is 0 Å². The normalized spacial score (nSPS) is 14.0. The Morgan fingerprint density at radius 2 is 1.80 bits per heavy atom. The van der Waals surface area contributed by atoms with Crippen LogP contribution in [0.25, 0.3) is 6.08 Å². The van der Waals surface area contributed by atoms with Gasteiger partial charge in [-0.1, -0.05) is 17.7 Å². The van der Waals surface area contributed by atoms with Crippen LogP contribution in [-0.4, -0.2) is 19.5 Å². The zero-order chi connectivity index (χ0) is 17.8. The lowest BCUT2D eigenvalue weighted by molar-refractivity contribution is 0.101. The van der Waals surface area contributed by atoms with Crippen molar-refractivity contribution in [3.8, 4) is 17.2 Å². The second kappa shape index (κ2) is 7.26. The number of benzene rings is 2. The Bertz CT molecular complexity index is 841.